The summed E-state index contributed by atoms with van der Waals surface area (Å²) >= 11 is 0. The first-order valence-electron chi connectivity index (χ1n) is 15.8. The van der Waals surface area contributed by atoms with Gasteiger partial charge in [0.05, 0.1) is 16.6 Å². The van der Waals surface area contributed by atoms with Crippen molar-refractivity contribution in [2.24, 2.45) is 0 Å². The standard InChI is InChI=1S/C42H24N4O2/c1-2-11-26(12-3-1)40-44-41(46-42(45-40)31-16-10-20-35-36(31)29-14-5-8-18-33(29)47-35)27-23-21-25(22-24-27)38-37-30-15-6-9-19-34(30)48-39(37)28-13-4-7-17-32(28)43-38/h1-24H. The molecule has 0 bridgehead atoms. The van der Waals surface area contributed by atoms with Crippen molar-refractivity contribution in [3.05, 3.63) is 146 Å². The Bertz CT molecular complexity index is 2840. The summed E-state index contributed by atoms with van der Waals surface area (Å²) in [5.74, 6) is 1.77. The summed E-state index contributed by atoms with van der Waals surface area (Å²) in [5, 5.41) is 5.05. The molecule has 0 unspecified atom stereocenters. The molecule has 0 aliphatic heterocycles. The highest BCUT2D eigenvalue weighted by Crippen LogP contribution is 2.40. The van der Waals surface area contributed by atoms with Gasteiger partial charge in [0.2, 0.25) is 0 Å². The molecule has 0 N–H and O–H groups in total. The molecule has 0 radical (unpaired) electrons. The molecule has 4 heterocycles. The Balaban J connectivity index is 1.16. The highest BCUT2D eigenvalue weighted by molar-refractivity contribution is 6.19. The molecule has 0 fully saturated rings. The number of furan rings is 2. The van der Waals surface area contributed by atoms with Crippen LogP contribution in [0.3, 0.4) is 0 Å². The van der Waals surface area contributed by atoms with E-state index in [4.69, 9.17) is 28.8 Å². The maximum Gasteiger partial charge on any atom is 0.164 e. The van der Waals surface area contributed by atoms with Crippen LogP contribution in [0.2, 0.25) is 0 Å². The van der Waals surface area contributed by atoms with Crippen LogP contribution in [0, 0.1) is 0 Å². The summed E-state index contributed by atoms with van der Waals surface area (Å²) in [6, 6.07) is 48.6. The number of fused-ring (bicyclic) bond motifs is 8. The Kier molecular flexibility index (Phi) is 5.77. The van der Waals surface area contributed by atoms with Crippen LogP contribution in [0.5, 0.6) is 0 Å². The lowest BCUT2D eigenvalue weighted by Gasteiger charge is -2.10. The van der Waals surface area contributed by atoms with Gasteiger partial charge in [0.25, 0.3) is 0 Å². The SMILES string of the molecule is c1ccc(-c2nc(-c3ccc(-c4nc5ccccc5c5oc6ccccc6c45)cc3)nc(-c3cccc4oc5ccccc5c34)n2)cc1. The number of pyridine rings is 1. The minimum atomic E-state index is 0.584. The van der Waals surface area contributed by atoms with Crippen molar-refractivity contribution < 1.29 is 8.83 Å². The van der Waals surface area contributed by atoms with E-state index in [1.807, 2.05) is 103 Å². The largest absolute Gasteiger partial charge is 0.456 e. The van der Waals surface area contributed by atoms with Crippen LogP contribution in [0.25, 0.3) is 100 Å². The molecule has 10 aromatic rings. The Morgan fingerprint density at radius 1 is 0.354 bits per heavy atom. The van der Waals surface area contributed by atoms with E-state index in [0.717, 1.165) is 82.7 Å². The average Bonchev–Trinajstić information content (AvgIpc) is 3.74. The van der Waals surface area contributed by atoms with Gasteiger partial charge in [-0.1, -0.05) is 115 Å². The summed E-state index contributed by atoms with van der Waals surface area (Å²) in [5.41, 5.74) is 8.73. The molecule has 0 amide bonds. The van der Waals surface area contributed by atoms with E-state index >= 15 is 0 Å². The molecule has 0 saturated heterocycles. The van der Waals surface area contributed by atoms with Crippen LogP contribution in [0.15, 0.2) is 154 Å². The van der Waals surface area contributed by atoms with Gasteiger partial charge in [0, 0.05) is 43.8 Å². The molecule has 6 heteroatoms. The van der Waals surface area contributed by atoms with E-state index in [2.05, 4.69) is 42.5 Å². The number of hydrogen-bond acceptors (Lipinski definition) is 6. The topological polar surface area (TPSA) is 77.8 Å². The fourth-order valence-corrected chi connectivity index (χ4v) is 6.70. The minimum absolute atomic E-state index is 0.584. The summed E-state index contributed by atoms with van der Waals surface area (Å²) in [4.78, 5) is 20.2. The molecule has 4 aromatic heterocycles. The van der Waals surface area contributed by atoms with Crippen molar-refractivity contribution in [2.75, 3.05) is 0 Å². The molecular weight excluding hydrogens is 592 g/mol. The zero-order valence-corrected chi connectivity index (χ0v) is 25.5. The predicted octanol–water partition coefficient (Wildman–Crippen LogP) is 10.9. The van der Waals surface area contributed by atoms with Crippen molar-refractivity contribution in [3.63, 3.8) is 0 Å². The van der Waals surface area contributed by atoms with Gasteiger partial charge in [0.15, 0.2) is 17.5 Å². The first-order valence-corrected chi connectivity index (χ1v) is 15.8. The number of nitrogens with zero attached hydrogens (tertiary/aromatic N) is 4. The Morgan fingerprint density at radius 2 is 0.917 bits per heavy atom. The number of hydrogen-bond donors (Lipinski definition) is 0. The molecule has 0 aliphatic rings. The predicted molar refractivity (Wildman–Crippen MR) is 191 cm³/mol. The van der Waals surface area contributed by atoms with Crippen molar-refractivity contribution in [1.82, 2.24) is 19.9 Å². The van der Waals surface area contributed by atoms with Gasteiger partial charge >= 0.3 is 0 Å². The third-order valence-corrected chi connectivity index (χ3v) is 8.94. The van der Waals surface area contributed by atoms with E-state index in [-0.39, 0.29) is 0 Å². The molecule has 0 aliphatic carbocycles. The third-order valence-electron chi connectivity index (χ3n) is 8.94. The van der Waals surface area contributed by atoms with Crippen molar-refractivity contribution in [1.29, 1.82) is 0 Å². The van der Waals surface area contributed by atoms with Crippen molar-refractivity contribution in [3.8, 4) is 45.4 Å². The van der Waals surface area contributed by atoms with Gasteiger partial charge in [0.1, 0.15) is 22.3 Å². The fraction of sp³-hybridized carbons (Fsp3) is 0. The normalized spacial score (nSPS) is 11.8. The van der Waals surface area contributed by atoms with Crippen LogP contribution < -0.4 is 0 Å². The number of aromatic nitrogens is 4. The maximum absolute atomic E-state index is 6.41. The van der Waals surface area contributed by atoms with E-state index in [9.17, 15) is 0 Å². The minimum Gasteiger partial charge on any atom is -0.456 e. The second-order valence-electron chi connectivity index (χ2n) is 11.8. The van der Waals surface area contributed by atoms with Gasteiger partial charge in [-0.3, -0.25) is 0 Å². The molecule has 0 atom stereocenters. The fourth-order valence-electron chi connectivity index (χ4n) is 6.70. The highest BCUT2D eigenvalue weighted by Gasteiger charge is 2.20. The lowest BCUT2D eigenvalue weighted by molar-refractivity contribution is 0.669. The van der Waals surface area contributed by atoms with E-state index in [1.165, 1.54) is 0 Å². The summed E-state index contributed by atoms with van der Waals surface area (Å²) in [7, 11) is 0. The zero-order chi connectivity index (χ0) is 31.6. The van der Waals surface area contributed by atoms with Gasteiger partial charge in [-0.25, -0.2) is 19.9 Å². The molecule has 6 aromatic carbocycles. The Morgan fingerprint density at radius 3 is 1.69 bits per heavy atom. The van der Waals surface area contributed by atoms with Gasteiger partial charge in [-0.2, -0.15) is 0 Å². The van der Waals surface area contributed by atoms with Crippen LogP contribution in [0.4, 0.5) is 0 Å². The maximum atomic E-state index is 6.41. The highest BCUT2D eigenvalue weighted by atomic mass is 16.3. The van der Waals surface area contributed by atoms with E-state index in [0.29, 0.717) is 17.5 Å². The molecule has 10 rings (SSSR count). The molecule has 0 saturated carbocycles. The lowest BCUT2D eigenvalue weighted by Crippen LogP contribution is -2.00. The lowest BCUT2D eigenvalue weighted by atomic mass is 10.0. The zero-order valence-electron chi connectivity index (χ0n) is 25.5. The number of para-hydroxylation sites is 3. The van der Waals surface area contributed by atoms with Crippen LogP contribution in [0.1, 0.15) is 0 Å². The molecular formula is C42H24N4O2. The summed E-state index contributed by atoms with van der Waals surface area (Å²) in [6.45, 7) is 0. The third kappa shape index (κ3) is 4.13. The molecule has 6 nitrogen and oxygen atoms in total. The van der Waals surface area contributed by atoms with Crippen molar-refractivity contribution >= 4 is 54.8 Å². The summed E-state index contributed by atoms with van der Waals surface area (Å²) in [6.07, 6.45) is 0. The van der Waals surface area contributed by atoms with Crippen LogP contribution in [-0.4, -0.2) is 19.9 Å². The first-order chi connectivity index (χ1) is 23.8. The van der Waals surface area contributed by atoms with Crippen molar-refractivity contribution in [2.45, 2.75) is 0 Å². The van der Waals surface area contributed by atoms with Gasteiger partial charge in [-0.15, -0.1) is 0 Å². The average molecular weight is 617 g/mol. The van der Waals surface area contributed by atoms with Crippen LogP contribution >= 0.6 is 0 Å². The number of rotatable bonds is 4. The Hall–Kier alpha value is -6.66. The first kappa shape index (κ1) is 26.5. The Labute approximate surface area is 274 Å². The molecule has 48 heavy (non-hydrogen) atoms. The second-order valence-corrected chi connectivity index (χ2v) is 11.8. The molecule has 224 valence electrons. The van der Waals surface area contributed by atoms with Gasteiger partial charge in [-0.05, 0) is 30.3 Å². The summed E-state index contributed by atoms with van der Waals surface area (Å²) < 4.78 is 12.6. The monoisotopic (exact) mass is 616 g/mol. The second kappa shape index (κ2) is 10.4. The molecule has 0 spiro atoms. The smallest absolute Gasteiger partial charge is 0.164 e. The van der Waals surface area contributed by atoms with Gasteiger partial charge < -0.3 is 8.83 Å². The quantitative estimate of drug-likeness (QED) is 0.196. The number of benzene rings is 6. The van der Waals surface area contributed by atoms with E-state index < -0.39 is 0 Å². The van der Waals surface area contributed by atoms with Crippen LogP contribution in [-0.2, 0) is 0 Å². The van der Waals surface area contributed by atoms with E-state index in [1.54, 1.807) is 0 Å².